The molecule has 3 aromatic rings. The average molecular weight is 520 g/mol. The zero-order valence-electron chi connectivity index (χ0n) is 14.3. The molecule has 0 aliphatic rings. The molecule has 0 bridgehead atoms. The largest absolute Gasteiger partial charge is 0.573 e. The molecule has 28 heavy (non-hydrogen) atoms. The smallest absolute Gasteiger partial charge is 0.404 e. The van der Waals surface area contributed by atoms with Crippen LogP contribution in [0.15, 0.2) is 65.0 Å². The van der Waals surface area contributed by atoms with Crippen molar-refractivity contribution in [2.75, 3.05) is 5.32 Å². The summed E-state index contributed by atoms with van der Waals surface area (Å²) < 4.78 is 41.3. The van der Waals surface area contributed by atoms with E-state index in [4.69, 9.17) is 5.73 Å². The number of hydrogen-bond donors (Lipinski definition) is 2. The number of benzene rings is 2. The highest BCUT2D eigenvalue weighted by Crippen LogP contribution is 2.29. The number of nitrogens with one attached hydrogen (secondary N) is 1. The van der Waals surface area contributed by atoms with Gasteiger partial charge in [0.1, 0.15) is 5.01 Å². The lowest BCUT2D eigenvalue weighted by Gasteiger charge is -2.14. The van der Waals surface area contributed by atoms with Crippen molar-refractivity contribution in [2.45, 2.75) is 12.9 Å². The van der Waals surface area contributed by atoms with E-state index in [1.165, 1.54) is 29.5 Å². The van der Waals surface area contributed by atoms with Gasteiger partial charge in [-0.2, -0.15) is 0 Å². The third kappa shape index (κ3) is 6.37. The van der Waals surface area contributed by atoms with Gasteiger partial charge in [-0.25, -0.2) is 9.98 Å². The van der Waals surface area contributed by atoms with Gasteiger partial charge in [-0.3, -0.25) is 0 Å². The van der Waals surface area contributed by atoms with Crippen molar-refractivity contribution in [1.29, 1.82) is 0 Å². The molecule has 0 amide bonds. The van der Waals surface area contributed by atoms with E-state index in [0.29, 0.717) is 5.69 Å². The van der Waals surface area contributed by atoms with Crippen molar-refractivity contribution in [1.82, 2.24) is 4.98 Å². The zero-order chi connectivity index (χ0) is 19.3. The first kappa shape index (κ1) is 22.0. The molecule has 5 nitrogen and oxygen atoms in total. The van der Waals surface area contributed by atoms with E-state index >= 15 is 0 Å². The molecule has 148 valence electrons. The summed E-state index contributed by atoms with van der Waals surface area (Å²) >= 11 is 1.48. The monoisotopic (exact) mass is 520 g/mol. The van der Waals surface area contributed by atoms with Crippen LogP contribution in [0.25, 0.3) is 10.6 Å². The molecule has 1 heterocycles. The first-order chi connectivity index (χ1) is 12.9. The quantitative estimate of drug-likeness (QED) is 0.274. The fraction of sp³-hybridized carbons (Fsp3) is 0.111. The van der Waals surface area contributed by atoms with Crippen molar-refractivity contribution in [3.8, 4) is 16.3 Å². The highest BCUT2D eigenvalue weighted by atomic mass is 127. The summed E-state index contributed by atoms with van der Waals surface area (Å²) in [6.07, 6.45) is -4.79. The minimum Gasteiger partial charge on any atom is -0.404 e. The van der Waals surface area contributed by atoms with Gasteiger partial charge in [-0.1, -0.05) is 42.5 Å². The van der Waals surface area contributed by atoms with Gasteiger partial charge in [0, 0.05) is 10.9 Å². The Hall–Kier alpha value is -2.34. The second kappa shape index (κ2) is 9.73. The number of aromatic nitrogens is 1. The minimum atomic E-state index is -4.79. The summed E-state index contributed by atoms with van der Waals surface area (Å²) in [6, 6.07) is 15.3. The Morgan fingerprint density at radius 2 is 1.79 bits per heavy atom. The van der Waals surface area contributed by atoms with Crippen LogP contribution >= 0.6 is 35.3 Å². The molecule has 3 rings (SSSR count). The highest BCUT2D eigenvalue weighted by molar-refractivity contribution is 14.0. The van der Waals surface area contributed by atoms with Gasteiger partial charge in [0.2, 0.25) is 0 Å². The molecule has 0 radical (unpaired) electrons. The van der Waals surface area contributed by atoms with E-state index in [1.54, 1.807) is 6.07 Å². The number of alkyl halides is 3. The Balaban J connectivity index is 0.00000280. The molecule has 0 atom stereocenters. The summed E-state index contributed by atoms with van der Waals surface area (Å²) in [6.45, 7) is 0.199. The number of nitrogens with two attached hydrogens (primary N) is 1. The Bertz CT molecular complexity index is 932. The second-order valence-electron chi connectivity index (χ2n) is 5.38. The molecule has 0 saturated heterocycles. The summed E-state index contributed by atoms with van der Waals surface area (Å²) in [7, 11) is 0. The third-order valence-corrected chi connectivity index (χ3v) is 4.30. The Labute approximate surface area is 180 Å². The van der Waals surface area contributed by atoms with Gasteiger partial charge in [0.05, 0.1) is 17.9 Å². The molecule has 0 aliphatic carbocycles. The number of thiazole rings is 1. The third-order valence-electron chi connectivity index (χ3n) is 3.36. The fourth-order valence-corrected chi connectivity index (χ4v) is 3.04. The first-order valence-corrected chi connectivity index (χ1v) is 8.70. The summed E-state index contributed by atoms with van der Waals surface area (Å²) in [5, 5.41) is 5.34. The van der Waals surface area contributed by atoms with Crippen LogP contribution in [0.1, 0.15) is 5.69 Å². The van der Waals surface area contributed by atoms with E-state index in [-0.39, 0.29) is 47.9 Å². The fourth-order valence-electron chi connectivity index (χ4n) is 2.22. The number of nitrogens with zero attached hydrogens (tertiary/aromatic N) is 2. The number of para-hydroxylation sites is 2. The number of aliphatic imine (C=N–C) groups is 1. The van der Waals surface area contributed by atoms with Crippen LogP contribution in [-0.2, 0) is 6.54 Å². The number of hydrogen-bond acceptors (Lipinski definition) is 4. The standard InChI is InChI=1S/C18H15F3N4OS.HI/c19-18(20,21)26-15-9-5-4-8-14(15)25-17(22)23-10-13-11-27-16(24-13)12-6-2-1-3-7-12;/h1-9,11H,10H2,(H3,22,23,25);1H. The van der Waals surface area contributed by atoms with Gasteiger partial charge in [-0.15, -0.1) is 48.5 Å². The van der Waals surface area contributed by atoms with Crippen molar-refractivity contribution < 1.29 is 17.9 Å². The van der Waals surface area contributed by atoms with Crippen LogP contribution in [0.3, 0.4) is 0 Å². The number of halogens is 4. The van der Waals surface area contributed by atoms with Gasteiger partial charge in [0.15, 0.2) is 11.7 Å². The summed E-state index contributed by atoms with van der Waals surface area (Å²) in [5.74, 6) is -0.425. The van der Waals surface area contributed by atoms with Crippen LogP contribution in [0.5, 0.6) is 5.75 Å². The summed E-state index contributed by atoms with van der Waals surface area (Å²) in [5.41, 5.74) is 7.56. The lowest BCUT2D eigenvalue weighted by atomic mass is 10.2. The zero-order valence-corrected chi connectivity index (χ0v) is 17.5. The topological polar surface area (TPSA) is 72.5 Å². The van der Waals surface area contributed by atoms with Crippen LogP contribution in [0.4, 0.5) is 18.9 Å². The predicted octanol–water partition coefficient (Wildman–Crippen LogP) is 5.25. The molecular formula is C18H16F3IN4OS. The molecule has 3 N–H and O–H groups in total. The minimum absolute atomic E-state index is 0. The van der Waals surface area contributed by atoms with Crippen molar-refractivity contribution in [3.63, 3.8) is 0 Å². The molecule has 1 aromatic heterocycles. The van der Waals surface area contributed by atoms with Crippen molar-refractivity contribution in [2.24, 2.45) is 10.7 Å². The molecule has 0 fully saturated rings. The molecule has 2 aromatic carbocycles. The van der Waals surface area contributed by atoms with Crippen LogP contribution in [0.2, 0.25) is 0 Å². The lowest BCUT2D eigenvalue weighted by Crippen LogP contribution is -2.24. The Morgan fingerprint density at radius 1 is 1.11 bits per heavy atom. The van der Waals surface area contributed by atoms with E-state index in [1.807, 2.05) is 35.7 Å². The Kier molecular flexibility index (Phi) is 7.63. The molecule has 0 aliphatic heterocycles. The van der Waals surface area contributed by atoms with E-state index < -0.39 is 6.36 Å². The van der Waals surface area contributed by atoms with Gasteiger partial charge >= 0.3 is 6.36 Å². The van der Waals surface area contributed by atoms with Crippen molar-refractivity contribution >= 4 is 47.0 Å². The number of anilines is 1. The number of rotatable bonds is 5. The second-order valence-corrected chi connectivity index (χ2v) is 6.24. The van der Waals surface area contributed by atoms with Crippen LogP contribution in [0, 0.1) is 0 Å². The van der Waals surface area contributed by atoms with Gasteiger partial charge < -0.3 is 15.8 Å². The van der Waals surface area contributed by atoms with E-state index in [2.05, 4.69) is 20.0 Å². The molecule has 0 spiro atoms. The molecular weight excluding hydrogens is 504 g/mol. The predicted molar refractivity (Wildman–Crippen MR) is 115 cm³/mol. The van der Waals surface area contributed by atoms with Crippen molar-refractivity contribution in [3.05, 3.63) is 65.7 Å². The Morgan fingerprint density at radius 3 is 2.50 bits per heavy atom. The van der Waals surface area contributed by atoms with Gasteiger partial charge in [-0.05, 0) is 12.1 Å². The highest BCUT2D eigenvalue weighted by Gasteiger charge is 2.32. The number of guanidine groups is 1. The van der Waals surface area contributed by atoms with E-state index in [0.717, 1.165) is 10.6 Å². The molecule has 0 saturated carbocycles. The normalized spacial score (nSPS) is 11.6. The SMILES string of the molecule is I.NC(=NCc1csc(-c2ccccc2)n1)Nc1ccccc1OC(F)(F)F. The maximum Gasteiger partial charge on any atom is 0.573 e. The van der Waals surface area contributed by atoms with Crippen LogP contribution < -0.4 is 15.8 Å². The summed E-state index contributed by atoms with van der Waals surface area (Å²) in [4.78, 5) is 8.61. The molecule has 10 heteroatoms. The lowest BCUT2D eigenvalue weighted by molar-refractivity contribution is -0.274. The maximum absolute atomic E-state index is 12.5. The number of ether oxygens (including phenoxy) is 1. The van der Waals surface area contributed by atoms with Crippen LogP contribution in [-0.4, -0.2) is 17.3 Å². The average Bonchev–Trinajstić information content (AvgIpc) is 3.10. The molecule has 0 unspecified atom stereocenters. The maximum atomic E-state index is 12.5. The van der Waals surface area contributed by atoms with Gasteiger partial charge in [0.25, 0.3) is 0 Å². The first-order valence-electron chi connectivity index (χ1n) is 7.82. The van der Waals surface area contributed by atoms with E-state index in [9.17, 15) is 13.2 Å².